The molecule has 2 atom stereocenters. The summed E-state index contributed by atoms with van der Waals surface area (Å²) in [6.07, 6.45) is 16.8. The van der Waals surface area contributed by atoms with Gasteiger partial charge < -0.3 is 16.0 Å². The van der Waals surface area contributed by atoms with E-state index in [1.807, 2.05) is 36.4 Å². The maximum absolute atomic E-state index is 14.6. The first-order valence-corrected chi connectivity index (χ1v) is 14.5. The summed E-state index contributed by atoms with van der Waals surface area (Å²) < 4.78 is 14.6. The number of allylic oxidation sites excluding steroid dienone is 3. The van der Waals surface area contributed by atoms with Crippen molar-refractivity contribution in [3.05, 3.63) is 96.4 Å². The summed E-state index contributed by atoms with van der Waals surface area (Å²) in [7, 11) is 0. The molecule has 0 spiro atoms. The number of carbonyl (C=O) groups is 1. The van der Waals surface area contributed by atoms with E-state index in [1.165, 1.54) is 6.07 Å². The number of piperidine rings is 1. The SMILES string of the molecule is O=C(CC1CCNCC1)Nc1cncc(-c2cc3c(C4=CCC5C(c6ccccc6F)=CC=CC5N4)n[nH]c3cn2)c1. The number of nitrogens with zero attached hydrogens (tertiary/aromatic N) is 3. The average molecular weight is 562 g/mol. The van der Waals surface area contributed by atoms with Crippen LogP contribution in [0, 0.1) is 17.7 Å². The number of aromatic nitrogens is 4. The first-order chi connectivity index (χ1) is 20.6. The Morgan fingerprint density at radius 1 is 1.10 bits per heavy atom. The molecule has 42 heavy (non-hydrogen) atoms. The molecule has 1 fully saturated rings. The molecule has 1 aromatic carbocycles. The quantitative estimate of drug-likeness (QED) is 0.249. The third-order valence-corrected chi connectivity index (χ3v) is 8.46. The maximum atomic E-state index is 14.6. The first kappa shape index (κ1) is 26.3. The molecule has 2 aliphatic heterocycles. The number of pyridine rings is 2. The van der Waals surface area contributed by atoms with Gasteiger partial charge in [0, 0.05) is 35.0 Å². The first-order valence-electron chi connectivity index (χ1n) is 14.5. The molecule has 3 aliphatic rings. The molecule has 0 radical (unpaired) electrons. The highest BCUT2D eigenvalue weighted by Gasteiger charge is 2.31. The molecule has 7 rings (SSSR count). The number of H-pyrrole nitrogens is 1. The predicted molar refractivity (Wildman–Crippen MR) is 162 cm³/mol. The monoisotopic (exact) mass is 561 g/mol. The number of aromatic amines is 1. The summed E-state index contributed by atoms with van der Waals surface area (Å²) in [6, 6.07) is 10.9. The van der Waals surface area contributed by atoms with Gasteiger partial charge in [0.1, 0.15) is 11.5 Å². The Labute approximate surface area is 243 Å². The highest BCUT2D eigenvalue weighted by atomic mass is 19.1. The van der Waals surface area contributed by atoms with Gasteiger partial charge in [-0.25, -0.2) is 4.39 Å². The molecule has 9 heteroatoms. The third kappa shape index (κ3) is 5.23. The normalized spacial score (nSPS) is 20.4. The second kappa shape index (κ2) is 11.3. The van der Waals surface area contributed by atoms with E-state index in [1.54, 1.807) is 24.7 Å². The van der Waals surface area contributed by atoms with Gasteiger partial charge in [-0.1, -0.05) is 42.5 Å². The molecule has 8 nitrogen and oxygen atoms in total. The molecule has 5 heterocycles. The van der Waals surface area contributed by atoms with Gasteiger partial charge in [0.25, 0.3) is 0 Å². The lowest BCUT2D eigenvalue weighted by atomic mass is 9.79. The van der Waals surface area contributed by atoms with E-state index in [9.17, 15) is 9.18 Å². The number of benzene rings is 1. The second-order valence-electron chi connectivity index (χ2n) is 11.2. The molecule has 1 amide bonds. The van der Waals surface area contributed by atoms with Crippen LogP contribution in [0.5, 0.6) is 0 Å². The molecule has 4 N–H and O–H groups in total. The van der Waals surface area contributed by atoms with Crippen LogP contribution >= 0.6 is 0 Å². The molecule has 2 unspecified atom stereocenters. The number of hydrogen-bond donors (Lipinski definition) is 4. The van der Waals surface area contributed by atoms with Crippen LogP contribution in [0.2, 0.25) is 0 Å². The molecule has 0 saturated carbocycles. The number of nitrogens with one attached hydrogen (secondary N) is 4. The van der Waals surface area contributed by atoms with Gasteiger partial charge >= 0.3 is 0 Å². The highest BCUT2D eigenvalue weighted by molar-refractivity contribution is 5.93. The second-order valence-corrected chi connectivity index (χ2v) is 11.2. The standard InChI is InChI=1S/C33H32FN7O/c34-27-6-2-1-4-24(27)23-5-3-7-28-25(23)8-9-29(39-28)33-26-16-30(37-19-31(26)40-41-33)21-15-22(18-36-17-21)38-32(42)14-20-10-12-35-13-11-20/h1-7,9,15-20,25,28,35,39H,8,10-14H2,(H,38,42)(H,40,41). The van der Waals surface area contributed by atoms with Crippen molar-refractivity contribution in [2.45, 2.75) is 31.7 Å². The van der Waals surface area contributed by atoms with E-state index >= 15 is 0 Å². The number of carbonyl (C=O) groups excluding carboxylic acids is 1. The largest absolute Gasteiger partial charge is 0.377 e. The van der Waals surface area contributed by atoms with Crippen LogP contribution in [-0.2, 0) is 4.79 Å². The van der Waals surface area contributed by atoms with Crippen molar-refractivity contribution in [2.24, 2.45) is 11.8 Å². The van der Waals surface area contributed by atoms with Gasteiger partial charge in [-0.3, -0.25) is 19.9 Å². The minimum Gasteiger partial charge on any atom is -0.377 e. The number of fused-ring (bicyclic) bond motifs is 2. The van der Waals surface area contributed by atoms with Gasteiger partial charge in [0.15, 0.2) is 0 Å². The average Bonchev–Trinajstić information content (AvgIpc) is 3.45. The highest BCUT2D eigenvalue weighted by Crippen LogP contribution is 2.38. The van der Waals surface area contributed by atoms with Crippen molar-refractivity contribution in [1.29, 1.82) is 0 Å². The number of amides is 1. The summed E-state index contributed by atoms with van der Waals surface area (Å²) in [5, 5.41) is 18.7. The Morgan fingerprint density at radius 3 is 2.86 bits per heavy atom. The van der Waals surface area contributed by atoms with Gasteiger partial charge in [-0.15, -0.1) is 0 Å². The molecule has 4 aromatic rings. The van der Waals surface area contributed by atoms with Gasteiger partial charge in [0.05, 0.1) is 41.0 Å². The zero-order valence-corrected chi connectivity index (χ0v) is 23.1. The van der Waals surface area contributed by atoms with Crippen molar-refractivity contribution in [3.8, 4) is 11.3 Å². The number of halogens is 1. The van der Waals surface area contributed by atoms with Crippen molar-refractivity contribution in [2.75, 3.05) is 18.4 Å². The number of hydrogen-bond acceptors (Lipinski definition) is 6. The molecule has 0 bridgehead atoms. The summed E-state index contributed by atoms with van der Waals surface area (Å²) in [6.45, 7) is 1.94. The van der Waals surface area contributed by atoms with Crippen molar-refractivity contribution >= 4 is 33.8 Å². The minimum atomic E-state index is -0.203. The van der Waals surface area contributed by atoms with Crippen LogP contribution in [0.1, 0.15) is 36.9 Å². The Morgan fingerprint density at radius 2 is 1.98 bits per heavy atom. The number of rotatable bonds is 6. The summed E-state index contributed by atoms with van der Waals surface area (Å²) >= 11 is 0. The van der Waals surface area contributed by atoms with Crippen LogP contribution in [0.3, 0.4) is 0 Å². The maximum Gasteiger partial charge on any atom is 0.224 e. The van der Waals surface area contributed by atoms with Gasteiger partial charge in [-0.2, -0.15) is 5.10 Å². The van der Waals surface area contributed by atoms with Crippen molar-refractivity contribution in [3.63, 3.8) is 0 Å². The molecular weight excluding hydrogens is 529 g/mol. The Kier molecular flexibility index (Phi) is 7.09. The van der Waals surface area contributed by atoms with E-state index in [0.29, 0.717) is 23.6 Å². The fourth-order valence-corrected chi connectivity index (χ4v) is 6.27. The van der Waals surface area contributed by atoms with Crippen LogP contribution in [0.4, 0.5) is 10.1 Å². The zero-order valence-electron chi connectivity index (χ0n) is 23.1. The van der Waals surface area contributed by atoms with Crippen molar-refractivity contribution in [1.82, 2.24) is 30.8 Å². The Bertz CT molecular complexity index is 1730. The number of anilines is 1. The predicted octanol–water partition coefficient (Wildman–Crippen LogP) is 5.46. The molecule has 3 aromatic heterocycles. The third-order valence-electron chi connectivity index (χ3n) is 8.46. The zero-order chi connectivity index (χ0) is 28.5. The van der Waals surface area contributed by atoms with Gasteiger partial charge in [-0.05, 0) is 62.0 Å². The van der Waals surface area contributed by atoms with E-state index in [4.69, 9.17) is 0 Å². The molecule has 1 saturated heterocycles. The smallest absolute Gasteiger partial charge is 0.224 e. The lowest BCUT2D eigenvalue weighted by Crippen LogP contribution is -2.38. The van der Waals surface area contributed by atoms with Crippen LogP contribution in [-0.4, -0.2) is 45.2 Å². The van der Waals surface area contributed by atoms with Crippen LogP contribution in [0.15, 0.2) is 79.3 Å². The Balaban J connectivity index is 1.12. The summed E-state index contributed by atoms with van der Waals surface area (Å²) in [4.78, 5) is 21.7. The molecular formula is C33H32FN7O. The van der Waals surface area contributed by atoms with E-state index < -0.39 is 0 Å². The topological polar surface area (TPSA) is 108 Å². The molecule has 212 valence electrons. The fraction of sp³-hybridized carbons (Fsp3) is 0.273. The lowest BCUT2D eigenvalue weighted by Gasteiger charge is -2.34. The minimum absolute atomic E-state index is 0.0137. The summed E-state index contributed by atoms with van der Waals surface area (Å²) in [5.41, 5.74) is 6.41. The fourth-order valence-electron chi connectivity index (χ4n) is 6.27. The molecule has 1 aliphatic carbocycles. The van der Waals surface area contributed by atoms with Crippen molar-refractivity contribution < 1.29 is 9.18 Å². The van der Waals surface area contributed by atoms with E-state index in [0.717, 1.165) is 71.5 Å². The van der Waals surface area contributed by atoms with Gasteiger partial charge in [0.2, 0.25) is 5.91 Å². The van der Waals surface area contributed by atoms with E-state index in [-0.39, 0.29) is 23.7 Å². The lowest BCUT2D eigenvalue weighted by molar-refractivity contribution is -0.117. The van der Waals surface area contributed by atoms with Crippen LogP contribution < -0.4 is 16.0 Å². The van der Waals surface area contributed by atoms with E-state index in [2.05, 4.69) is 48.3 Å². The summed E-state index contributed by atoms with van der Waals surface area (Å²) in [5.74, 6) is 0.345. The van der Waals surface area contributed by atoms with Crippen LogP contribution in [0.25, 0.3) is 33.4 Å². The Hall–Kier alpha value is -4.63.